The van der Waals surface area contributed by atoms with Crippen LogP contribution in [-0.4, -0.2) is 18.1 Å². The molecule has 0 radical (unpaired) electrons. The van der Waals surface area contributed by atoms with Crippen molar-refractivity contribution in [1.82, 2.24) is 4.98 Å². The van der Waals surface area contributed by atoms with Crippen LogP contribution in [0.25, 0.3) is 0 Å². The van der Waals surface area contributed by atoms with Gasteiger partial charge < -0.3 is 10.6 Å². The first-order valence-electron chi connectivity index (χ1n) is 7.17. The van der Waals surface area contributed by atoms with Crippen LogP contribution in [0.3, 0.4) is 0 Å². The van der Waals surface area contributed by atoms with Gasteiger partial charge in [-0.15, -0.1) is 0 Å². The molecule has 2 atom stereocenters. The van der Waals surface area contributed by atoms with Crippen LogP contribution in [0.1, 0.15) is 31.0 Å². The third-order valence-electron chi connectivity index (χ3n) is 3.68. The summed E-state index contributed by atoms with van der Waals surface area (Å²) < 4.78 is 14.0. The van der Waals surface area contributed by atoms with Crippen LogP contribution in [0.15, 0.2) is 42.6 Å². The maximum atomic E-state index is 14.0. The molecule has 0 amide bonds. The van der Waals surface area contributed by atoms with Crippen molar-refractivity contribution in [2.75, 3.05) is 11.9 Å². The van der Waals surface area contributed by atoms with Gasteiger partial charge >= 0.3 is 0 Å². The highest BCUT2D eigenvalue weighted by Gasteiger charge is 2.19. The molecule has 2 unspecified atom stereocenters. The minimum Gasteiger partial charge on any atom is -0.353 e. The van der Waals surface area contributed by atoms with Crippen LogP contribution >= 0.6 is 0 Å². The number of anilines is 1. The molecular formula is C17H22FN3. The van der Waals surface area contributed by atoms with Gasteiger partial charge in [-0.05, 0) is 38.0 Å². The van der Waals surface area contributed by atoms with Crippen molar-refractivity contribution < 1.29 is 4.39 Å². The SMILES string of the molecule is CC(N)Cc1cccnc1N(C)C(C)c1ccccc1F. The summed E-state index contributed by atoms with van der Waals surface area (Å²) in [5, 5.41) is 0. The quantitative estimate of drug-likeness (QED) is 0.917. The van der Waals surface area contributed by atoms with E-state index in [4.69, 9.17) is 5.73 Å². The van der Waals surface area contributed by atoms with Crippen molar-refractivity contribution in [1.29, 1.82) is 0 Å². The van der Waals surface area contributed by atoms with E-state index in [1.807, 2.05) is 50.1 Å². The molecule has 4 heteroatoms. The predicted octanol–water partition coefficient (Wildman–Crippen LogP) is 3.31. The highest BCUT2D eigenvalue weighted by molar-refractivity contribution is 5.48. The Hall–Kier alpha value is -1.94. The Bertz CT molecular complexity index is 598. The molecule has 0 saturated carbocycles. The molecule has 1 heterocycles. The summed E-state index contributed by atoms with van der Waals surface area (Å²) in [6.07, 6.45) is 2.50. The molecule has 0 aliphatic rings. The van der Waals surface area contributed by atoms with E-state index in [2.05, 4.69) is 4.98 Å². The summed E-state index contributed by atoms with van der Waals surface area (Å²) in [4.78, 5) is 6.45. The summed E-state index contributed by atoms with van der Waals surface area (Å²) in [5.41, 5.74) is 7.64. The van der Waals surface area contributed by atoms with E-state index in [0.717, 1.165) is 17.8 Å². The van der Waals surface area contributed by atoms with E-state index in [1.54, 1.807) is 12.3 Å². The molecule has 0 spiro atoms. The molecule has 0 bridgehead atoms. The second-order valence-electron chi connectivity index (χ2n) is 5.48. The van der Waals surface area contributed by atoms with Crippen molar-refractivity contribution in [3.8, 4) is 0 Å². The number of halogens is 1. The monoisotopic (exact) mass is 287 g/mol. The fraction of sp³-hybridized carbons (Fsp3) is 0.353. The zero-order valence-corrected chi connectivity index (χ0v) is 12.8. The molecule has 0 fully saturated rings. The average molecular weight is 287 g/mol. The number of benzene rings is 1. The average Bonchev–Trinajstić information content (AvgIpc) is 2.46. The molecule has 0 aliphatic carbocycles. The van der Waals surface area contributed by atoms with Gasteiger partial charge in [0.2, 0.25) is 0 Å². The Balaban J connectivity index is 2.32. The molecule has 1 aromatic heterocycles. The van der Waals surface area contributed by atoms with Crippen LogP contribution < -0.4 is 10.6 Å². The molecule has 2 N–H and O–H groups in total. The van der Waals surface area contributed by atoms with Crippen molar-refractivity contribution in [3.63, 3.8) is 0 Å². The van der Waals surface area contributed by atoms with E-state index in [1.165, 1.54) is 6.07 Å². The normalized spacial score (nSPS) is 13.8. The third-order valence-corrected chi connectivity index (χ3v) is 3.68. The summed E-state index contributed by atoms with van der Waals surface area (Å²) in [5.74, 6) is 0.659. The molecule has 112 valence electrons. The lowest BCUT2D eigenvalue weighted by molar-refractivity contribution is 0.583. The second kappa shape index (κ2) is 6.68. The lowest BCUT2D eigenvalue weighted by Crippen LogP contribution is -2.26. The smallest absolute Gasteiger partial charge is 0.132 e. The second-order valence-corrected chi connectivity index (χ2v) is 5.48. The van der Waals surface area contributed by atoms with Gasteiger partial charge in [0.25, 0.3) is 0 Å². The molecular weight excluding hydrogens is 265 g/mol. The van der Waals surface area contributed by atoms with Gasteiger partial charge in [-0.2, -0.15) is 0 Å². The van der Waals surface area contributed by atoms with Gasteiger partial charge in [-0.3, -0.25) is 0 Å². The molecule has 1 aromatic carbocycles. The van der Waals surface area contributed by atoms with Gasteiger partial charge in [0.15, 0.2) is 0 Å². The van der Waals surface area contributed by atoms with E-state index < -0.39 is 0 Å². The first kappa shape index (κ1) is 15.4. The van der Waals surface area contributed by atoms with Gasteiger partial charge in [0.05, 0.1) is 6.04 Å². The number of hydrogen-bond donors (Lipinski definition) is 1. The number of nitrogens with two attached hydrogens (primary N) is 1. The van der Waals surface area contributed by atoms with Gasteiger partial charge in [0.1, 0.15) is 11.6 Å². The van der Waals surface area contributed by atoms with Crippen LogP contribution in [0, 0.1) is 5.82 Å². The van der Waals surface area contributed by atoms with Crippen LogP contribution in [-0.2, 0) is 6.42 Å². The largest absolute Gasteiger partial charge is 0.353 e. The first-order chi connectivity index (χ1) is 10.0. The summed E-state index contributed by atoms with van der Waals surface area (Å²) >= 11 is 0. The van der Waals surface area contributed by atoms with Gasteiger partial charge in [0, 0.05) is 24.8 Å². The molecule has 21 heavy (non-hydrogen) atoms. The van der Waals surface area contributed by atoms with E-state index in [9.17, 15) is 4.39 Å². The van der Waals surface area contributed by atoms with Crippen LogP contribution in [0.2, 0.25) is 0 Å². The molecule has 0 aliphatic heterocycles. The van der Waals surface area contributed by atoms with Crippen LogP contribution in [0.4, 0.5) is 10.2 Å². The van der Waals surface area contributed by atoms with E-state index >= 15 is 0 Å². The number of hydrogen-bond acceptors (Lipinski definition) is 3. The molecule has 3 nitrogen and oxygen atoms in total. The van der Waals surface area contributed by atoms with Gasteiger partial charge in [-0.25, -0.2) is 9.37 Å². The predicted molar refractivity (Wildman–Crippen MR) is 84.8 cm³/mol. The van der Waals surface area contributed by atoms with Crippen molar-refractivity contribution in [2.45, 2.75) is 32.4 Å². The Labute approximate surface area is 125 Å². The highest BCUT2D eigenvalue weighted by atomic mass is 19.1. The highest BCUT2D eigenvalue weighted by Crippen LogP contribution is 2.28. The molecule has 2 rings (SSSR count). The van der Waals surface area contributed by atoms with Gasteiger partial charge in [-0.1, -0.05) is 24.3 Å². The Morgan fingerprint density at radius 1 is 1.19 bits per heavy atom. The zero-order valence-electron chi connectivity index (χ0n) is 12.8. The summed E-state index contributed by atoms with van der Waals surface area (Å²) in [6.45, 7) is 3.94. The number of rotatable bonds is 5. The minimum atomic E-state index is -0.193. The minimum absolute atomic E-state index is 0.0603. The van der Waals surface area contributed by atoms with Crippen LogP contribution in [0.5, 0.6) is 0 Å². The molecule has 0 saturated heterocycles. The van der Waals surface area contributed by atoms with E-state index in [-0.39, 0.29) is 17.9 Å². The summed E-state index contributed by atoms with van der Waals surface area (Å²) in [7, 11) is 1.93. The number of pyridine rings is 1. The number of nitrogens with zero attached hydrogens (tertiary/aromatic N) is 2. The van der Waals surface area contributed by atoms with Crippen molar-refractivity contribution in [2.24, 2.45) is 5.73 Å². The van der Waals surface area contributed by atoms with E-state index in [0.29, 0.717) is 5.56 Å². The third kappa shape index (κ3) is 3.58. The Morgan fingerprint density at radius 3 is 2.57 bits per heavy atom. The molecule has 2 aromatic rings. The Kier molecular flexibility index (Phi) is 4.91. The fourth-order valence-electron chi connectivity index (χ4n) is 2.46. The summed E-state index contributed by atoms with van der Waals surface area (Å²) in [6, 6.07) is 10.7. The topological polar surface area (TPSA) is 42.1 Å². The number of aromatic nitrogens is 1. The first-order valence-corrected chi connectivity index (χ1v) is 7.17. The maximum Gasteiger partial charge on any atom is 0.132 e. The maximum absolute atomic E-state index is 14.0. The zero-order chi connectivity index (χ0) is 15.4. The standard InChI is InChI=1S/C17H22FN3/c1-12(19)11-14-7-6-10-20-17(14)21(3)13(2)15-8-4-5-9-16(15)18/h4-10,12-13H,11,19H2,1-3H3. The van der Waals surface area contributed by atoms with Crippen molar-refractivity contribution in [3.05, 3.63) is 59.5 Å². The lowest BCUT2D eigenvalue weighted by atomic mass is 10.0. The van der Waals surface area contributed by atoms with Crippen molar-refractivity contribution >= 4 is 5.82 Å². The fourth-order valence-corrected chi connectivity index (χ4v) is 2.46. The Morgan fingerprint density at radius 2 is 1.90 bits per heavy atom. The lowest BCUT2D eigenvalue weighted by Gasteiger charge is -2.28.